The monoisotopic (exact) mass is 325 g/mol. The van der Waals surface area contributed by atoms with Crippen LogP contribution in [0.25, 0.3) is 0 Å². The van der Waals surface area contributed by atoms with E-state index in [-0.39, 0.29) is 5.41 Å². The molecule has 1 fully saturated rings. The highest BCUT2D eigenvalue weighted by Gasteiger charge is 2.27. The van der Waals surface area contributed by atoms with Gasteiger partial charge in [0.1, 0.15) is 0 Å². The van der Waals surface area contributed by atoms with Crippen LogP contribution in [0.1, 0.15) is 31.7 Å². The second kappa shape index (κ2) is 4.98. The average Bonchev–Trinajstić information content (AvgIpc) is 2.84. The molecule has 19 heavy (non-hydrogen) atoms. The van der Waals surface area contributed by atoms with E-state index in [1.54, 1.807) is 0 Å². The highest BCUT2D eigenvalue weighted by molar-refractivity contribution is 9.10. The fourth-order valence-corrected chi connectivity index (χ4v) is 3.24. The number of ether oxygens (including phenoxy) is 2. The molecule has 3 nitrogen and oxygen atoms in total. The van der Waals surface area contributed by atoms with Crippen molar-refractivity contribution in [2.75, 3.05) is 26.3 Å². The molecule has 104 valence electrons. The Kier molecular flexibility index (Phi) is 3.48. The summed E-state index contributed by atoms with van der Waals surface area (Å²) in [5.41, 5.74) is 1.38. The van der Waals surface area contributed by atoms with Gasteiger partial charge in [-0.15, -0.1) is 0 Å². The third-order valence-electron chi connectivity index (χ3n) is 3.80. The predicted octanol–water partition coefficient (Wildman–Crippen LogP) is 3.32. The van der Waals surface area contributed by atoms with E-state index in [2.05, 4.69) is 47.2 Å². The van der Waals surface area contributed by atoms with Crippen molar-refractivity contribution < 1.29 is 9.47 Å². The number of hydrogen-bond acceptors (Lipinski definition) is 3. The van der Waals surface area contributed by atoms with Crippen molar-refractivity contribution in [3.05, 3.63) is 22.2 Å². The summed E-state index contributed by atoms with van der Waals surface area (Å²) in [6.45, 7) is 7.86. The lowest BCUT2D eigenvalue weighted by Gasteiger charge is -2.19. The summed E-state index contributed by atoms with van der Waals surface area (Å²) >= 11 is 3.68. The molecule has 0 saturated carbocycles. The van der Waals surface area contributed by atoms with Crippen molar-refractivity contribution in [2.24, 2.45) is 5.41 Å². The molecule has 0 bridgehead atoms. The minimum absolute atomic E-state index is 0.0561. The lowest BCUT2D eigenvalue weighted by Crippen LogP contribution is -2.26. The average molecular weight is 326 g/mol. The fourth-order valence-electron chi connectivity index (χ4n) is 2.60. The van der Waals surface area contributed by atoms with Gasteiger partial charge in [-0.25, -0.2) is 0 Å². The van der Waals surface area contributed by atoms with E-state index in [4.69, 9.17) is 9.47 Å². The van der Waals surface area contributed by atoms with E-state index >= 15 is 0 Å². The van der Waals surface area contributed by atoms with E-state index in [0.717, 1.165) is 29.1 Å². The first-order valence-electron chi connectivity index (χ1n) is 6.85. The predicted molar refractivity (Wildman–Crippen MR) is 79.1 cm³/mol. The first-order chi connectivity index (χ1) is 9.05. The smallest absolute Gasteiger partial charge is 0.162 e. The molecule has 0 aliphatic carbocycles. The van der Waals surface area contributed by atoms with Gasteiger partial charge in [0.15, 0.2) is 11.5 Å². The standard InChI is InChI=1S/C15H20BrNO2/c1-15(2)8-18-13-5-11(10-3-4-17-7-10)12(16)6-14(13)19-9-15/h5-6,10,17H,3-4,7-9H2,1-2H3. The van der Waals surface area contributed by atoms with Crippen LogP contribution in [0.15, 0.2) is 16.6 Å². The lowest BCUT2D eigenvalue weighted by atomic mass is 9.97. The van der Waals surface area contributed by atoms with Crippen molar-refractivity contribution in [1.29, 1.82) is 0 Å². The van der Waals surface area contributed by atoms with Gasteiger partial charge in [0.05, 0.1) is 13.2 Å². The van der Waals surface area contributed by atoms with Crippen molar-refractivity contribution in [2.45, 2.75) is 26.2 Å². The van der Waals surface area contributed by atoms with Crippen LogP contribution in [0.5, 0.6) is 11.5 Å². The maximum Gasteiger partial charge on any atom is 0.162 e. The zero-order valence-electron chi connectivity index (χ0n) is 11.5. The molecule has 0 aromatic heterocycles. The van der Waals surface area contributed by atoms with Gasteiger partial charge in [-0.3, -0.25) is 0 Å². The van der Waals surface area contributed by atoms with Gasteiger partial charge in [0, 0.05) is 16.4 Å². The molecule has 2 heterocycles. The number of rotatable bonds is 1. The summed E-state index contributed by atoms with van der Waals surface area (Å²) in [6.07, 6.45) is 1.18. The molecule has 1 saturated heterocycles. The number of halogens is 1. The molecule has 1 N–H and O–H groups in total. The Bertz CT molecular complexity index is 481. The summed E-state index contributed by atoms with van der Waals surface area (Å²) in [5.74, 6) is 2.31. The van der Waals surface area contributed by atoms with Crippen LogP contribution in [0.3, 0.4) is 0 Å². The highest BCUT2D eigenvalue weighted by Crippen LogP contribution is 2.41. The Labute approximate surface area is 122 Å². The molecule has 0 amide bonds. The normalized spacial score (nSPS) is 25.1. The molecule has 3 rings (SSSR count). The van der Waals surface area contributed by atoms with Crippen LogP contribution < -0.4 is 14.8 Å². The Balaban J connectivity index is 1.92. The molecular weight excluding hydrogens is 306 g/mol. The van der Waals surface area contributed by atoms with E-state index in [1.165, 1.54) is 12.0 Å². The second-order valence-corrected chi connectivity index (χ2v) is 7.11. The van der Waals surface area contributed by atoms with Crippen molar-refractivity contribution in [3.63, 3.8) is 0 Å². The number of benzene rings is 1. The second-order valence-electron chi connectivity index (χ2n) is 6.25. The summed E-state index contributed by atoms with van der Waals surface area (Å²) < 4.78 is 13.0. The molecule has 1 atom stereocenters. The van der Waals surface area contributed by atoms with E-state index in [9.17, 15) is 0 Å². The largest absolute Gasteiger partial charge is 0.489 e. The van der Waals surface area contributed by atoms with Crippen LogP contribution in [-0.4, -0.2) is 26.3 Å². The van der Waals surface area contributed by atoms with Gasteiger partial charge in [-0.05, 0) is 36.6 Å². The molecule has 1 aromatic rings. The topological polar surface area (TPSA) is 30.5 Å². The zero-order valence-corrected chi connectivity index (χ0v) is 13.0. The maximum atomic E-state index is 5.95. The minimum atomic E-state index is 0.0561. The van der Waals surface area contributed by atoms with Gasteiger partial charge in [-0.1, -0.05) is 29.8 Å². The molecule has 0 radical (unpaired) electrons. The summed E-state index contributed by atoms with van der Waals surface area (Å²) in [7, 11) is 0. The van der Waals surface area contributed by atoms with Gasteiger partial charge < -0.3 is 14.8 Å². The quantitative estimate of drug-likeness (QED) is 0.859. The molecule has 1 unspecified atom stereocenters. The Hall–Kier alpha value is -0.740. The zero-order chi connectivity index (χ0) is 13.5. The van der Waals surface area contributed by atoms with Crippen LogP contribution in [-0.2, 0) is 0 Å². The van der Waals surface area contributed by atoms with Crippen molar-refractivity contribution >= 4 is 15.9 Å². The number of fused-ring (bicyclic) bond motifs is 1. The first-order valence-corrected chi connectivity index (χ1v) is 7.64. The molecule has 2 aliphatic rings. The summed E-state index contributed by atoms with van der Waals surface area (Å²) in [6, 6.07) is 4.21. The first kappa shape index (κ1) is 13.3. The Morgan fingerprint density at radius 1 is 1.21 bits per heavy atom. The van der Waals surface area contributed by atoms with Crippen LogP contribution in [0.4, 0.5) is 0 Å². The molecule has 2 aliphatic heterocycles. The number of nitrogens with one attached hydrogen (secondary N) is 1. The Morgan fingerprint density at radius 2 is 1.89 bits per heavy atom. The van der Waals surface area contributed by atoms with E-state index in [1.807, 2.05) is 0 Å². The maximum absolute atomic E-state index is 5.95. The highest BCUT2D eigenvalue weighted by atomic mass is 79.9. The molecular formula is C15H20BrNO2. The van der Waals surface area contributed by atoms with Gasteiger partial charge >= 0.3 is 0 Å². The fraction of sp³-hybridized carbons (Fsp3) is 0.600. The van der Waals surface area contributed by atoms with Crippen LogP contribution >= 0.6 is 15.9 Å². The summed E-state index contributed by atoms with van der Waals surface area (Å²) in [4.78, 5) is 0. The third kappa shape index (κ3) is 2.75. The molecule has 0 spiro atoms. The van der Waals surface area contributed by atoms with Crippen molar-refractivity contribution in [1.82, 2.24) is 5.32 Å². The minimum Gasteiger partial charge on any atom is -0.489 e. The number of hydrogen-bond donors (Lipinski definition) is 1. The lowest BCUT2D eigenvalue weighted by molar-refractivity contribution is 0.140. The van der Waals surface area contributed by atoms with Crippen molar-refractivity contribution in [3.8, 4) is 11.5 Å². The third-order valence-corrected chi connectivity index (χ3v) is 4.49. The molecule has 4 heteroatoms. The Morgan fingerprint density at radius 3 is 2.53 bits per heavy atom. The molecule has 1 aromatic carbocycles. The van der Waals surface area contributed by atoms with Gasteiger partial charge in [-0.2, -0.15) is 0 Å². The van der Waals surface area contributed by atoms with E-state index in [0.29, 0.717) is 19.1 Å². The summed E-state index contributed by atoms with van der Waals surface area (Å²) in [5, 5.41) is 3.41. The van der Waals surface area contributed by atoms with Crippen LogP contribution in [0.2, 0.25) is 0 Å². The SMILES string of the molecule is CC1(C)COc2cc(Br)c(C3CCNC3)cc2OC1. The van der Waals surface area contributed by atoms with Gasteiger partial charge in [0.25, 0.3) is 0 Å². The van der Waals surface area contributed by atoms with Gasteiger partial charge in [0.2, 0.25) is 0 Å². The van der Waals surface area contributed by atoms with E-state index < -0.39 is 0 Å². The van der Waals surface area contributed by atoms with Crippen LogP contribution in [0, 0.1) is 5.41 Å².